The Labute approximate surface area is 243 Å². The van der Waals surface area contributed by atoms with E-state index in [0.717, 1.165) is 12.1 Å². The first-order valence-electron chi connectivity index (χ1n) is 13.3. The molecular weight excluding hydrogens is 544 g/mol. The number of carbonyl (C=O) groups is 2. The molecule has 4 aromatic rings. The minimum atomic E-state index is -0.639. The van der Waals surface area contributed by atoms with Crippen molar-refractivity contribution in [2.75, 3.05) is 17.2 Å². The molecule has 11 heteroatoms. The average Bonchev–Trinajstić information content (AvgIpc) is 3.43. The lowest BCUT2D eigenvalue weighted by atomic mass is 10.1. The van der Waals surface area contributed by atoms with Crippen molar-refractivity contribution in [3.63, 3.8) is 0 Å². The number of aromatic nitrogens is 3. The van der Waals surface area contributed by atoms with Gasteiger partial charge in [0.05, 0.1) is 16.2 Å². The molecule has 0 radical (unpaired) electrons. The van der Waals surface area contributed by atoms with Crippen LogP contribution in [0.5, 0.6) is 5.75 Å². The molecule has 2 aromatic carbocycles. The van der Waals surface area contributed by atoms with Crippen molar-refractivity contribution in [2.24, 2.45) is 0 Å². The summed E-state index contributed by atoms with van der Waals surface area (Å²) in [6.45, 7) is 6.19. The SMILES string of the molecule is CC(C)(C)OC(=O)N1CCC[C@H]1C(=O)Nc1ccc2ncnc(Nc3ccc(OCc4ccccn4)c(Cl)c3)c2c1. The molecule has 2 N–H and O–H groups in total. The van der Waals surface area contributed by atoms with Crippen molar-refractivity contribution < 1.29 is 19.1 Å². The van der Waals surface area contributed by atoms with Crippen molar-refractivity contribution in [3.8, 4) is 5.75 Å². The summed E-state index contributed by atoms with van der Waals surface area (Å²) in [4.78, 5) is 40.3. The molecule has 0 aliphatic carbocycles. The van der Waals surface area contributed by atoms with Crippen molar-refractivity contribution in [2.45, 2.75) is 51.9 Å². The topological polar surface area (TPSA) is 119 Å². The lowest BCUT2D eigenvalue weighted by Crippen LogP contribution is -2.45. The Hall–Kier alpha value is -4.44. The van der Waals surface area contributed by atoms with Crippen molar-refractivity contribution in [3.05, 3.63) is 77.8 Å². The second-order valence-corrected chi connectivity index (χ2v) is 11.1. The Morgan fingerprint density at radius 3 is 2.63 bits per heavy atom. The van der Waals surface area contributed by atoms with Gasteiger partial charge in [0.2, 0.25) is 5.91 Å². The van der Waals surface area contributed by atoms with E-state index in [0.29, 0.717) is 58.4 Å². The molecule has 1 saturated heterocycles. The quantitative estimate of drug-likeness (QED) is 0.262. The summed E-state index contributed by atoms with van der Waals surface area (Å²) in [7, 11) is 0. The minimum Gasteiger partial charge on any atom is -0.486 e. The number of amides is 2. The van der Waals surface area contributed by atoms with Crippen LogP contribution in [0.25, 0.3) is 10.9 Å². The molecule has 1 atom stereocenters. The van der Waals surface area contributed by atoms with Crippen molar-refractivity contribution >= 4 is 51.7 Å². The van der Waals surface area contributed by atoms with Crippen molar-refractivity contribution in [1.82, 2.24) is 19.9 Å². The molecule has 1 aliphatic heterocycles. The van der Waals surface area contributed by atoms with Gasteiger partial charge in [-0.25, -0.2) is 14.8 Å². The van der Waals surface area contributed by atoms with Gasteiger partial charge in [0.15, 0.2) is 0 Å². The van der Waals surface area contributed by atoms with Gasteiger partial charge in [-0.05, 0) is 82.1 Å². The zero-order valence-corrected chi connectivity index (χ0v) is 23.8. The zero-order valence-electron chi connectivity index (χ0n) is 23.1. The molecule has 0 bridgehead atoms. The number of anilines is 3. The Balaban J connectivity index is 1.29. The van der Waals surface area contributed by atoms with Gasteiger partial charge in [-0.15, -0.1) is 0 Å². The van der Waals surface area contributed by atoms with Gasteiger partial charge in [0, 0.05) is 29.5 Å². The number of pyridine rings is 1. The van der Waals surface area contributed by atoms with Crippen LogP contribution in [0.3, 0.4) is 0 Å². The van der Waals surface area contributed by atoms with Crippen LogP contribution >= 0.6 is 11.6 Å². The van der Waals surface area contributed by atoms with Crippen LogP contribution in [0.2, 0.25) is 5.02 Å². The van der Waals surface area contributed by atoms with E-state index in [1.54, 1.807) is 57.3 Å². The molecule has 2 aromatic heterocycles. The van der Waals surface area contributed by atoms with Crippen LogP contribution in [0.1, 0.15) is 39.3 Å². The van der Waals surface area contributed by atoms with E-state index < -0.39 is 17.7 Å². The van der Waals surface area contributed by atoms with Gasteiger partial charge in [-0.3, -0.25) is 14.7 Å². The molecule has 10 nitrogen and oxygen atoms in total. The normalized spacial score (nSPS) is 15.0. The molecular formula is C30H31ClN6O4. The predicted molar refractivity (Wildman–Crippen MR) is 157 cm³/mol. The maximum absolute atomic E-state index is 13.2. The van der Waals surface area contributed by atoms with Crippen LogP contribution in [0, 0.1) is 0 Å². The number of benzene rings is 2. The lowest BCUT2D eigenvalue weighted by molar-refractivity contribution is -0.120. The fourth-order valence-corrected chi connectivity index (χ4v) is 4.74. The van der Waals surface area contributed by atoms with Crippen LogP contribution < -0.4 is 15.4 Å². The molecule has 5 rings (SSSR count). The third-order valence-corrected chi connectivity index (χ3v) is 6.68. The monoisotopic (exact) mass is 574 g/mol. The number of carbonyl (C=O) groups excluding carboxylic acids is 2. The number of fused-ring (bicyclic) bond motifs is 1. The molecule has 2 amide bonds. The van der Waals surface area contributed by atoms with Crippen LogP contribution in [-0.2, 0) is 16.1 Å². The number of likely N-dealkylation sites (tertiary alicyclic amines) is 1. The van der Waals surface area contributed by atoms with Gasteiger partial charge in [-0.1, -0.05) is 17.7 Å². The molecule has 41 heavy (non-hydrogen) atoms. The van der Waals surface area contributed by atoms with E-state index >= 15 is 0 Å². The summed E-state index contributed by atoms with van der Waals surface area (Å²) in [5.41, 5.74) is 2.12. The average molecular weight is 575 g/mol. The Kier molecular flexibility index (Phi) is 8.21. The first-order valence-corrected chi connectivity index (χ1v) is 13.7. The zero-order chi connectivity index (χ0) is 29.0. The molecule has 212 valence electrons. The fraction of sp³-hybridized carbons (Fsp3) is 0.300. The summed E-state index contributed by atoms with van der Waals surface area (Å²) in [5.74, 6) is 0.806. The van der Waals surface area contributed by atoms with E-state index in [4.69, 9.17) is 21.1 Å². The first-order chi connectivity index (χ1) is 19.7. The number of nitrogens with one attached hydrogen (secondary N) is 2. The highest BCUT2D eigenvalue weighted by molar-refractivity contribution is 6.32. The summed E-state index contributed by atoms with van der Waals surface area (Å²) in [5, 5.41) is 7.36. The Morgan fingerprint density at radius 2 is 1.88 bits per heavy atom. The van der Waals surface area contributed by atoms with E-state index in [9.17, 15) is 9.59 Å². The van der Waals surface area contributed by atoms with Crippen LogP contribution in [0.15, 0.2) is 67.1 Å². The Bertz CT molecular complexity index is 1560. The fourth-order valence-electron chi connectivity index (χ4n) is 4.51. The number of hydrogen-bond acceptors (Lipinski definition) is 8. The highest BCUT2D eigenvalue weighted by Crippen LogP contribution is 2.32. The third-order valence-electron chi connectivity index (χ3n) is 6.38. The number of nitrogens with zero attached hydrogens (tertiary/aromatic N) is 4. The van der Waals surface area contributed by atoms with Crippen LogP contribution in [-0.4, -0.2) is 50.0 Å². The second kappa shape index (κ2) is 12.0. The van der Waals surface area contributed by atoms with E-state index in [1.165, 1.54) is 11.2 Å². The standard InChI is InChI=1S/C30H31ClN6O4/c1-30(2,3)41-29(39)37-14-6-8-25(37)28(38)36-19-9-11-24-22(15-19)27(34-18-33-24)35-20-10-12-26(23(31)16-20)40-17-21-7-4-5-13-32-21/h4-5,7,9-13,15-16,18,25H,6,8,14,17H2,1-3H3,(H,36,38)(H,33,34,35)/t25-/m0/s1. The number of hydrogen-bond donors (Lipinski definition) is 2. The summed E-state index contributed by atoms with van der Waals surface area (Å²) in [6.07, 6.45) is 3.99. The van der Waals surface area contributed by atoms with Gasteiger partial charge in [-0.2, -0.15) is 0 Å². The minimum absolute atomic E-state index is 0.271. The van der Waals surface area contributed by atoms with E-state index in [2.05, 4.69) is 25.6 Å². The summed E-state index contributed by atoms with van der Waals surface area (Å²) in [6, 6.07) is 15.8. The van der Waals surface area contributed by atoms with Crippen LogP contribution in [0.4, 0.5) is 22.0 Å². The second-order valence-electron chi connectivity index (χ2n) is 10.7. The molecule has 0 spiro atoms. The van der Waals surface area contributed by atoms with E-state index in [1.807, 2.05) is 24.3 Å². The maximum atomic E-state index is 13.2. The Morgan fingerprint density at radius 1 is 1.05 bits per heavy atom. The number of rotatable bonds is 7. The highest BCUT2D eigenvalue weighted by atomic mass is 35.5. The molecule has 0 unspecified atom stereocenters. The van der Waals surface area contributed by atoms with Crippen molar-refractivity contribution in [1.29, 1.82) is 0 Å². The molecule has 1 aliphatic rings. The summed E-state index contributed by atoms with van der Waals surface area (Å²) < 4.78 is 11.3. The van der Waals surface area contributed by atoms with Gasteiger partial charge in [0.25, 0.3) is 0 Å². The highest BCUT2D eigenvalue weighted by Gasteiger charge is 2.36. The lowest BCUT2D eigenvalue weighted by Gasteiger charge is -2.28. The van der Waals surface area contributed by atoms with Gasteiger partial charge in [0.1, 0.15) is 36.1 Å². The number of ether oxygens (including phenoxy) is 2. The first kappa shape index (κ1) is 28.1. The predicted octanol–water partition coefficient (Wildman–Crippen LogP) is 6.34. The molecule has 0 saturated carbocycles. The van der Waals surface area contributed by atoms with E-state index in [-0.39, 0.29) is 5.91 Å². The molecule has 1 fully saturated rings. The maximum Gasteiger partial charge on any atom is 0.410 e. The molecule has 3 heterocycles. The largest absolute Gasteiger partial charge is 0.486 e. The smallest absolute Gasteiger partial charge is 0.410 e. The van der Waals surface area contributed by atoms with Gasteiger partial charge < -0.3 is 20.1 Å². The number of halogens is 1. The summed E-state index contributed by atoms with van der Waals surface area (Å²) >= 11 is 6.49. The third kappa shape index (κ3) is 7.01. The van der Waals surface area contributed by atoms with Gasteiger partial charge >= 0.3 is 6.09 Å².